The molecule has 4 rings (SSSR count). The Morgan fingerprint density at radius 2 is 1.81 bits per heavy atom. The summed E-state index contributed by atoms with van der Waals surface area (Å²) in [6, 6.07) is 10.3. The van der Waals surface area contributed by atoms with E-state index in [0.717, 1.165) is 16.1 Å². The first-order valence-corrected chi connectivity index (χ1v) is 15.9. The van der Waals surface area contributed by atoms with Crippen molar-refractivity contribution in [1.82, 2.24) is 20.4 Å². The van der Waals surface area contributed by atoms with Crippen molar-refractivity contribution in [1.29, 1.82) is 0 Å². The van der Waals surface area contributed by atoms with Gasteiger partial charge in [0.2, 0.25) is 17.7 Å². The van der Waals surface area contributed by atoms with Gasteiger partial charge in [-0.25, -0.2) is 9.59 Å². The SMILES string of the molecule is CC(C)(C)OC(=O)N=C(NC(=O)OC(C)(C)C)N1CCCC1c1nc(-c2ccc(OC/C=C/c3cccc(Br)c3)c(C(F)(F)F)c2)no1. The van der Waals surface area contributed by atoms with Crippen molar-refractivity contribution in [2.24, 2.45) is 4.99 Å². The lowest BCUT2D eigenvalue weighted by atomic mass is 10.1. The smallest absolute Gasteiger partial charge is 0.437 e. The van der Waals surface area contributed by atoms with E-state index in [2.05, 4.69) is 36.4 Å². The highest BCUT2D eigenvalue weighted by Crippen LogP contribution is 2.39. The molecule has 2 amide bonds. The number of hydrogen-bond acceptors (Lipinski definition) is 8. The van der Waals surface area contributed by atoms with Crippen LogP contribution in [0.1, 0.15) is 77.4 Å². The number of nitrogens with one attached hydrogen (secondary N) is 1. The van der Waals surface area contributed by atoms with Crippen LogP contribution in [0.4, 0.5) is 22.8 Å². The minimum atomic E-state index is -4.73. The summed E-state index contributed by atoms with van der Waals surface area (Å²) in [6.07, 6.45) is -2.12. The molecular formula is C33H37BrF3N5O6. The number of aromatic nitrogens is 2. The normalized spacial score (nSPS) is 15.9. The summed E-state index contributed by atoms with van der Waals surface area (Å²) in [5.74, 6) is -0.547. The van der Waals surface area contributed by atoms with Crippen molar-refractivity contribution >= 4 is 40.2 Å². The van der Waals surface area contributed by atoms with Crippen LogP contribution >= 0.6 is 15.9 Å². The van der Waals surface area contributed by atoms with Crippen LogP contribution in [-0.2, 0) is 15.7 Å². The Kier molecular flexibility index (Phi) is 11.2. The highest BCUT2D eigenvalue weighted by atomic mass is 79.9. The van der Waals surface area contributed by atoms with Crippen LogP contribution in [0, 0.1) is 0 Å². The second kappa shape index (κ2) is 14.8. The molecule has 0 saturated carbocycles. The summed E-state index contributed by atoms with van der Waals surface area (Å²) in [6.45, 7) is 10.3. The van der Waals surface area contributed by atoms with E-state index in [-0.39, 0.29) is 35.6 Å². The summed E-state index contributed by atoms with van der Waals surface area (Å²) in [4.78, 5) is 35.3. The van der Waals surface area contributed by atoms with Crippen molar-refractivity contribution in [2.75, 3.05) is 13.2 Å². The highest BCUT2D eigenvalue weighted by molar-refractivity contribution is 9.10. The first kappa shape index (κ1) is 36.4. The number of benzene rings is 2. The lowest BCUT2D eigenvalue weighted by molar-refractivity contribution is -0.138. The molecule has 1 unspecified atom stereocenters. The molecule has 1 aromatic heterocycles. The van der Waals surface area contributed by atoms with Gasteiger partial charge in [-0.05, 0) is 96.4 Å². The van der Waals surface area contributed by atoms with E-state index in [1.165, 1.54) is 12.1 Å². The van der Waals surface area contributed by atoms with Gasteiger partial charge in [0.15, 0.2) is 0 Å². The summed E-state index contributed by atoms with van der Waals surface area (Å²) in [5.41, 5.74) is -1.78. The maximum Gasteiger partial charge on any atom is 0.437 e. The Morgan fingerprint density at radius 1 is 1.08 bits per heavy atom. The molecule has 258 valence electrons. The third-order valence-corrected chi connectivity index (χ3v) is 6.99. The number of alkyl carbamates (subject to hydrolysis) is 1. The number of nitrogens with zero attached hydrogens (tertiary/aromatic N) is 4. The molecule has 1 saturated heterocycles. The number of halogens is 4. The predicted octanol–water partition coefficient (Wildman–Crippen LogP) is 8.56. The fraction of sp³-hybridized carbons (Fsp3) is 0.424. The molecule has 2 aromatic carbocycles. The number of carbonyl (C=O) groups excluding carboxylic acids is 2. The molecule has 11 nitrogen and oxygen atoms in total. The van der Waals surface area contributed by atoms with Gasteiger partial charge in [-0.15, -0.1) is 4.99 Å². The summed E-state index contributed by atoms with van der Waals surface area (Å²) in [5, 5.41) is 6.44. The first-order chi connectivity index (χ1) is 22.4. The number of ether oxygens (including phenoxy) is 3. The minimum absolute atomic E-state index is 0.0495. The monoisotopic (exact) mass is 735 g/mol. The second-order valence-electron chi connectivity index (χ2n) is 12.8. The zero-order valence-electron chi connectivity index (χ0n) is 27.4. The third kappa shape index (κ3) is 10.6. The molecule has 0 radical (unpaired) electrons. The number of amides is 2. The molecule has 0 aliphatic carbocycles. The van der Waals surface area contributed by atoms with E-state index >= 15 is 0 Å². The summed E-state index contributed by atoms with van der Waals surface area (Å²) >= 11 is 3.38. The molecule has 0 bridgehead atoms. The van der Waals surface area contributed by atoms with E-state index in [1.807, 2.05) is 24.3 Å². The van der Waals surface area contributed by atoms with Crippen molar-refractivity contribution < 1.29 is 41.5 Å². The highest BCUT2D eigenvalue weighted by Gasteiger charge is 2.37. The number of aliphatic imine (C=N–C) groups is 1. The lowest BCUT2D eigenvalue weighted by Gasteiger charge is -2.27. The number of alkyl halides is 3. The minimum Gasteiger partial charge on any atom is -0.489 e. The van der Waals surface area contributed by atoms with Crippen LogP contribution < -0.4 is 10.1 Å². The fourth-order valence-corrected chi connectivity index (χ4v) is 5.06. The van der Waals surface area contributed by atoms with Crippen LogP contribution in [0.5, 0.6) is 5.75 Å². The van der Waals surface area contributed by atoms with Crippen LogP contribution in [0.15, 0.2) is 62.5 Å². The largest absolute Gasteiger partial charge is 0.489 e. The number of guanidine groups is 1. The molecule has 1 aliphatic heterocycles. The van der Waals surface area contributed by atoms with E-state index in [9.17, 15) is 22.8 Å². The van der Waals surface area contributed by atoms with Gasteiger partial charge in [-0.3, -0.25) is 5.32 Å². The summed E-state index contributed by atoms with van der Waals surface area (Å²) < 4.78 is 64.8. The number of hydrogen-bond donors (Lipinski definition) is 1. The van der Waals surface area contributed by atoms with Gasteiger partial charge < -0.3 is 23.6 Å². The predicted molar refractivity (Wildman–Crippen MR) is 175 cm³/mol. The van der Waals surface area contributed by atoms with E-state index in [0.29, 0.717) is 19.4 Å². The van der Waals surface area contributed by atoms with E-state index in [1.54, 1.807) is 58.6 Å². The maximum atomic E-state index is 14.1. The van der Waals surface area contributed by atoms with Gasteiger partial charge in [0.05, 0.1) is 5.56 Å². The lowest BCUT2D eigenvalue weighted by Crippen LogP contribution is -2.46. The van der Waals surface area contributed by atoms with Crippen molar-refractivity contribution in [3.05, 3.63) is 70.0 Å². The fourth-order valence-electron chi connectivity index (χ4n) is 4.64. The van der Waals surface area contributed by atoms with Crippen molar-refractivity contribution in [3.8, 4) is 17.1 Å². The van der Waals surface area contributed by atoms with Crippen molar-refractivity contribution in [3.63, 3.8) is 0 Å². The van der Waals surface area contributed by atoms with Gasteiger partial charge in [-0.1, -0.05) is 39.3 Å². The molecule has 0 spiro atoms. The van der Waals surface area contributed by atoms with Crippen LogP contribution in [0.2, 0.25) is 0 Å². The van der Waals surface area contributed by atoms with Gasteiger partial charge >= 0.3 is 18.4 Å². The molecule has 3 aromatic rings. The molecule has 1 N–H and O–H groups in total. The number of rotatable bonds is 6. The van der Waals surface area contributed by atoms with Crippen LogP contribution in [0.25, 0.3) is 17.5 Å². The first-order valence-electron chi connectivity index (χ1n) is 15.1. The van der Waals surface area contributed by atoms with E-state index < -0.39 is 41.2 Å². The van der Waals surface area contributed by atoms with Crippen LogP contribution in [-0.4, -0.2) is 57.5 Å². The zero-order chi connectivity index (χ0) is 35.3. The zero-order valence-corrected chi connectivity index (χ0v) is 28.9. The van der Waals surface area contributed by atoms with E-state index in [4.69, 9.17) is 18.7 Å². The maximum absolute atomic E-state index is 14.1. The Labute approximate surface area is 284 Å². The molecule has 1 aliphatic rings. The quantitative estimate of drug-likeness (QED) is 0.196. The topological polar surface area (TPSA) is 128 Å². The van der Waals surface area contributed by atoms with Gasteiger partial charge in [0.25, 0.3) is 0 Å². The average Bonchev–Trinajstić information content (AvgIpc) is 3.63. The Morgan fingerprint density at radius 3 is 2.48 bits per heavy atom. The molecular weight excluding hydrogens is 699 g/mol. The van der Waals surface area contributed by atoms with Gasteiger partial charge in [0, 0.05) is 16.6 Å². The average molecular weight is 737 g/mol. The molecule has 15 heteroatoms. The standard InChI is InChI=1S/C33H37BrF3N5O6/c1-31(2,3)46-29(43)39-28(40-30(44)47-32(4,5)6)42-16-8-13-24(42)27-38-26(41-48-27)21-14-15-25(23(19-21)33(35,36)37)45-17-9-11-20-10-7-12-22(34)18-20/h7,9-12,14-15,18-19,24H,8,13,16-17H2,1-6H3,(H,39,40,43,44)/b11-9+. The summed E-state index contributed by atoms with van der Waals surface area (Å²) in [7, 11) is 0. The van der Waals surface area contributed by atoms with Gasteiger partial charge in [-0.2, -0.15) is 18.2 Å². The van der Waals surface area contributed by atoms with Crippen LogP contribution in [0.3, 0.4) is 0 Å². The molecule has 48 heavy (non-hydrogen) atoms. The Hall–Kier alpha value is -4.40. The third-order valence-electron chi connectivity index (χ3n) is 6.49. The number of likely N-dealkylation sites (tertiary alicyclic amines) is 1. The molecule has 1 fully saturated rings. The molecule has 1 atom stereocenters. The second-order valence-corrected chi connectivity index (χ2v) is 13.7. The number of carbonyl (C=O) groups is 2. The molecule has 2 heterocycles. The van der Waals surface area contributed by atoms with Crippen molar-refractivity contribution in [2.45, 2.75) is 77.8 Å². The Bertz CT molecular complexity index is 1680. The van der Waals surface area contributed by atoms with Gasteiger partial charge in [0.1, 0.15) is 29.6 Å². The Balaban J connectivity index is 1.56.